The number of ether oxygens (including phenoxy) is 5. The van der Waals surface area contributed by atoms with Crippen molar-refractivity contribution in [2.24, 2.45) is 5.73 Å². The Morgan fingerprint density at radius 2 is 1.39 bits per heavy atom. The number of hydrogen-bond donors (Lipinski definition) is 1. The molecule has 1 aromatic rings. The van der Waals surface area contributed by atoms with Gasteiger partial charge in [0.25, 0.3) is 0 Å². The Bertz CT molecular complexity index is 629. The maximum Gasteiger partial charge on any atom is 0.305 e. The Labute approximate surface area is 198 Å². The molecule has 0 aliphatic carbocycles. The van der Waals surface area contributed by atoms with Crippen LogP contribution in [0.5, 0.6) is 5.75 Å². The monoisotopic (exact) mass is 471 g/mol. The first-order valence-electron chi connectivity index (χ1n) is 12.0. The van der Waals surface area contributed by atoms with Gasteiger partial charge in [-0.2, -0.15) is 0 Å². The summed E-state index contributed by atoms with van der Waals surface area (Å²) < 4.78 is 40.5. The predicted molar refractivity (Wildman–Crippen MR) is 126 cm³/mol. The van der Waals surface area contributed by atoms with Crippen molar-refractivity contribution in [2.75, 3.05) is 53.4 Å². The minimum absolute atomic E-state index is 0.156. The highest BCUT2D eigenvalue weighted by Crippen LogP contribution is 2.21. The maximum absolute atomic E-state index is 13.6. The molecule has 2 N–H and O–H groups in total. The summed E-state index contributed by atoms with van der Waals surface area (Å²) in [4.78, 5) is 11.0. The average molecular weight is 472 g/mol. The summed E-state index contributed by atoms with van der Waals surface area (Å²) in [6, 6.07) is 4.37. The molecular formula is C25H42FNO6. The van der Waals surface area contributed by atoms with Gasteiger partial charge in [-0.1, -0.05) is 12.8 Å². The van der Waals surface area contributed by atoms with Gasteiger partial charge in [-0.05, 0) is 57.2 Å². The number of esters is 1. The molecule has 0 saturated heterocycles. The van der Waals surface area contributed by atoms with Gasteiger partial charge in [0.15, 0.2) is 0 Å². The van der Waals surface area contributed by atoms with E-state index in [-0.39, 0.29) is 17.8 Å². The van der Waals surface area contributed by atoms with E-state index in [9.17, 15) is 9.18 Å². The molecule has 0 spiro atoms. The van der Waals surface area contributed by atoms with Crippen LogP contribution in [0, 0.1) is 5.82 Å². The fraction of sp³-hybridized carbons (Fsp3) is 0.720. The molecule has 0 fully saturated rings. The normalized spacial score (nSPS) is 12.0. The zero-order valence-corrected chi connectivity index (χ0v) is 20.3. The highest BCUT2D eigenvalue weighted by atomic mass is 19.1. The van der Waals surface area contributed by atoms with Gasteiger partial charge in [-0.15, -0.1) is 0 Å². The molecule has 0 amide bonds. The molecule has 0 aliphatic rings. The molecule has 1 atom stereocenters. The van der Waals surface area contributed by atoms with Gasteiger partial charge in [0.1, 0.15) is 11.6 Å². The van der Waals surface area contributed by atoms with E-state index in [0.717, 1.165) is 51.6 Å². The van der Waals surface area contributed by atoms with Crippen LogP contribution in [0.3, 0.4) is 0 Å². The van der Waals surface area contributed by atoms with E-state index in [1.165, 1.54) is 13.2 Å². The van der Waals surface area contributed by atoms with Crippen LogP contribution in [-0.4, -0.2) is 59.3 Å². The van der Waals surface area contributed by atoms with Crippen LogP contribution in [0.1, 0.15) is 69.9 Å². The summed E-state index contributed by atoms with van der Waals surface area (Å²) in [6.07, 6.45) is 7.29. The maximum atomic E-state index is 13.6. The van der Waals surface area contributed by atoms with Crippen molar-refractivity contribution >= 4 is 5.97 Å². The second kappa shape index (κ2) is 19.7. The third kappa shape index (κ3) is 15.7. The quantitative estimate of drug-likeness (QED) is 0.208. The van der Waals surface area contributed by atoms with E-state index in [2.05, 4.69) is 4.74 Å². The zero-order chi connectivity index (χ0) is 24.2. The number of methoxy groups -OCH3 is 1. The Morgan fingerprint density at radius 3 is 1.97 bits per heavy atom. The third-order valence-corrected chi connectivity index (χ3v) is 5.05. The molecule has 8 heteroatoms. The SMILES string of the molecule is COC(=O)CCCCCOCCOCCOCCCCCCOc1ccc(F)c([C@H](C)N)c1. The van der Waals surface area contributed by atoms with Crippen molar-refractivity contribution in [3.63, 3.8) is 0 Å². The fourth-order valence-corrected chi connectivity index (χ4v) is 3.10. The zero-order valence-electron chi connectivity index (χ0n) is 20.3. The Hall–Kier alpha value is -1.74. The summed E-state index contributed by atoms with van der Waals surface area (Å²) in [6.45, 7) is 6.06. The number of benzene rings is 1. The van der Waals surface area contributed by atoms with Crippen LogP contribution in [-0.2, 0) is 23.7 Å². The van der Waals surface area contributed by atoms with Crippen LogP contribution in [0.4, 0.5) is 4.39 Å². The van der Waals surface area contributed by atoms with Crippen LogP contribution in [0.15, 0.2) is 18.2 Å². The van der Waals surface area contributed by atoms with Gasteiger partial charge in [-0.25, -0.2) is 4.39 Å². The molecule has 0 bridgehead atoms. The minimum Gasteiger partial charge on any atom is -0.494 e. The van der Waals surface area contributed by atoms with Gasteiger partial charge in [0, 0.05) is 31.2 Å². The summed E-state index contributed by atoms with van der Waals surface area (Å²) in [5.41, 5.74) is 6.24. The summed E-state index contributed by atoms with van der Waals surface area (Å²) in [5.74, 6) is 0.209. The smallest absolute Gasteiger partial charge is 0.305 e. The standard InChI is InChI=1S/C25H42FNO6/c1-21(27)23-20-22(11-12-24(23)26)33-15-9-4-3-7-13-30-16-18-32-19-17-31-14-8-5-6-10-25(28)29-2/h11-12,20-21H,3-10,13-19,27H2,1-2H3/t21-/m0/s1. The van der Waals surface area contributed by atoms with Crippen molar-refractivity contribution in [1.82, 2.24) is 0 Å². The van der Waals surface area contributed by atoms with Crippen LogP contribution in [0.2, 0.25) is 0 Å². The second-order valence-corrected chi connectivity index (χ2v) is 7.96. The summed E-state index contributed by atoms with van der Waals surface area (Å²) in [5, 5.41) is 0. The molecule has 1 rings (SSSR count). The van der Waals surface area contributed by atoms with E-state index in [1.807, 2.05) is 0 Å². The number of unbranched alkanes of at least 4 members (excludes halogenated alkanes) is 5. The fourth-order valence-electron chi connectivity index (χ4n) is 3.10. The summed E-state index contributed by atoms with van der Waals surface area (Å²) in [7, 11) is 1.41. The van der Waals surface area contributed by atoms with Crippen molar-refractivity contribution in [1.29, 1.82) is 0 Å². The van der Waals surface area contributed by atoms with Crippen LogP contribution >= 0.6 is 0 Å². The minimum atomic E-state index is -0.353. The van der Waals surface area contributed by atoms with E-state index in [1.54, 1.807) is 19.1 Å². The largest absolute Gasteiger partial charge is 0.494 e. The molecule has 1 aromatic carbocycles. The molecule has 7 nitrogen and oxygen atoms in total. The van der Waals surface area contributed by atoms with Crippen molar-refractivity contribution in [3.8, 4) is 5.75 Å². The van der Waals surface area contributed by atoms with Crippen molar-refractivity contribution in [3.05, 3.63) is 29.6 Å². The molecule has 0 heterocycles. The van der Waals surface area contributed by atoms with E-state index in [4.69, 9.17) is 24.7 Å². The van der Waals surface area contributed by atoms with Gasteiger partial charge >= 0.3 is 5.97 Å². The highest BCUT2D eigenvalue weighted by molar-refractivity contribution is 5.68. The van der Waals surface area contributed by atoms with Gasteiger partial charge in [-0.3, -0.25) is 4.79 Å². The molecule has 0 saturated carbocycles. The lowest BCUT2D eigenvalue weighted by Gasteiger charge is -2.11. The molecule has 0 aliphatic heterocycles. The first kappa shape index (κ1) is 29.3. The Morgan fingerprint density at radius 1 is 0.848 bits per heavy atom. The van der Waals surface area contributed by atoms with Crippen molar-refractivity contribution in [2.45, 2.75) is 64.3 Å². The van der Waals surface area contributed by atoms with E-state index in [0.29, 0.717) is 57.4 Å². The van der Waals surface area contributed by atoms with Crippen LogP contribution < -0.4 is 10.5 Å². The first-order chi connectivity index (χ1) is 16.0. The topological polar surface area (TPSA) is 89.2 Å². The van der Waals surface area contributed by atoms with Gasteiger partial charge in [0.05, 0.1) is 40.1 Å². The number of nitrogens with two attached hydrogens (primary N) is 1. The molecule has 0 radical (unpaired) electrons. The van der Waals surface area contributed by atoms with Gasteiger partial charge in [0.2, 0.25) is 0 Å². The number of carbonyl (C=O) groups is 1. The first-order valence-corrected chi connectivity index (χ1v) is 12.0. The average Bonchev–Trinajstić information content (AvgIpc) is 2.81. The van der Waals surface area contributed by atoms with E-state index < -0.39 is 0 Å². The van der Waals surface area contributed by atoms with E-state index >= 15 is 0 Å². The molecule has 33 heavy (non-hydrogen) atoms. The number of halogens is 1. The summed E-state index contributed by atoms with van der Waals surface area (Å²) >= 11 is 0. The van der Waals surface area contributed by atoms with Crippen molar-refractivity contribution < 1.29 is 32.9 Å². The lowest BCUT2D eigenvalue weighted by atomic mass is 10.1. The second-order valence-electron chi connectivity index (χ2n) is 7.96. The molecular weight excluding hydrogens is 429 g/mol. The lowest BCUT2D eigenvalue weighted by molar-refractivity contribution is -0.140. The molecule has 190 valence electrons. The Kier molecular flexibility index (Phi) is 17.5. The predicted octanol–water partition coefficient (Wildman–Crippen LogP) is 4.57. The number of carbonyl (C=O) groups excluding carboxylic acids is 1. The molecule has 0 unspecified atom stereocenters. The highest BCUT2D eigenvalue weighted by Gasteiger charge is 2.08. The van der Waals surface area contributed by atoms with Crippen LogP contribution in [0.25, 0.3) is 0 Å². The molecule has 0 aromatic heterocycles. The third-order valence-electron chi connectivity index (χ3n) is 5.05. The number of rotatable bonds is 21. The number of hydrogen-bond acceptors (Lipinski definition) is 7. The lowest BCUT2D eigenvalue weighted by Crippen LogP contribution is -2.10. The Balaban J connectivity index is 1.80. The van der Waals surface area contributed by atoms with Gasteiger partial charge < -0.3 is 29.4 Å².